The first kappa shape index (κ1) is 22.5. The summed E-state index contributed by atoms with van der Waals surface area (Å²) in [4.78, 5) is 9.57. The molecular formula is C26H16I2N2Pd. The van der Waals surface area contributed by atoms with Crippen LogP contribution in [0.2, 0.25) is 0 Å². The van der Waals surface area contributed by atoms with Crippen molar-refractivity contribution in [2.75, 3.05) is 0 Å². The Morgan fingerprint density at radius 1 is 0.645 bits per heavy atom. The standard InChI is InChI=1S/C26H16IN2.HI.Pd/c27-23-14-6-3-10-19(23)22-13-4-7-15-24(22)28-17-26-21-12-2-1-9-18(21)20-11-5-8-16-25(20)29-26;;/h1-16H;1H;/q-1;;+2/p-1. The Kier molecular flexibility index (Phi) is 7.83. The fraction of sp³-hybridized carbons (Fsp3) is 0. The van der Waals surface area contributed by atoms with Crippen molar-refractivity contribution in [3.8, 4) is 11.1 Å². The molecule has 0 unspecified atom stereocenters. The number of para-hydroxylation sites is 2. The summed E-state index contributed by atoms with van der Waals surface area (Å²) in [6.45, 7) is 0. The van der Waals surface area contributed by atoms with Crippen LogP contribution in [0.15, 0.2) is 102 Å². The van der Waals surface area contributed by atoms with E-state index >= 15 is 0 Å². The molecule has 0 fully saturated rings. The number of aromatic nitrogens is 1. The summed E-state index contributed by atoms with van der Waals surface area (Å²) < 4.78 is 1.20. The van der Waals surface area contributed by atoms with Crippen LogP contribution in [0.3, 0.4) is 0 Å². The summed E-state index contributed by atoms with van der Waals surface area (Å²) in [7, 11) is 0. The summed E-state index contributed by atoms with van der Waals surface area (Å²) in [5.74, 6) is 0. The summed E-state index contributed by atoms with van der Waals surface area (Å²) in [5, 5.41) is 3.37. The predicted molar refractivity (Wildman–Crippen MR) is 144 cm³/mol. The van der Waals surface area contributed by atoms with E-state index in [1.54, 1.807) is 0 Å². The summed E-state index contributed by atoms with van der Waals surface area (Å²) in [6.07, 6.45) is 3.24. The van der Waals surface area contributed by atoms with E-state index in [-0.39, 0.29) is 0 Å². The topological polar surface area (TPSA) is 25.2 Å². The zero-order valence-corrected chi connectivity index (χ0v) is 22.1. The Morgan fingerprint density at radius 2 is 1.23 bits per heavy atom. The van der Waals surface area contributed by atoms with Crippen molar-refractivity contribution in [3.63, 3.8) is 0 Å². The van der Waals surface area contributed by atoms with Crippen LogP contribution in [0.25, 0.3) is 32.8 Å². The third-order valence-electron chi connectivity index (χ3n) is 4.96. The van der Waals surface area contributed by atoms with Crippen LogP contribution >= 0.6 is 42.1 Å². The van der Waals surface area contributed by atoms with E-state index in [0.29, 0.717) is 0 Å². The van der Waals surface area contributed by atoms with E-state index < -0.39 is 0 Å². The molecule has 5 rings (SSSR count). The number of pyridine rings is 1. The van der Waals surface area contributed by atoms with Crippen LogP contribution in [-0.4, -0.2) is 11.2 Å². The van der Waals surface area contributed by atoms with Crippen molar-refractivity contribution in [2.45, 2.75) is 0 Å². The number of nitrogens with zero attached hydrogens (tertiary/aromatic N) is 2. The van der Waals surface area contributed by atoms with Crippen molar-refractivity contribution in [1.29, 1.82) is 0 Å². The van der Waals surface area contributed by atoms with Crippen molar-refractivity contribution >= 4 is 75.7 Å². The fourth-order valence-electron chi connectivity index (χ4n) is 3.58. The second-order valence-corrected chi connectivity index (χ2v) is 7.91. The molecule has 0 bridgehead atoms. The van der Waals surface area contributed by atoms with Gasteiger partial charge in [-0.2, -0.15) is 0 Å². The van der Waals surface area contributed by atoms with E-state index in [1.165, 1.54) is 14.5 Å². The van der Waals surface area contributed by atoms with Crippen molar-refractivity contribution in [3.05, 3.63) is 106 Å². The number of hydrogen-bond donors (Lipinski definition) is 0. The first-order valence-corrected chi connectivity index (χ1v) is 15.2. The van der Waals surface area contributed by atoms with Crippen LogP contribution in [0.1, 0.15) is 5.69 Å². The van der Waals surface area contributed by atoms with Gasteiger partial charge in [-0.05, 0) is 62.6 Å². The fourth-order valence-corrected chi connectivity index (χ4v) is 4.26. The zero-order valence-electron chi connectivity index (χ0n) is 16.2. The Balaban J connectivity index is 0.00000112. The Hall–Kier alpha value is -1.66. The number of hydrogen-bond acceptors (Lipinski definition) is 2. The second kappa shape index (κ2) is 10.8. The van der Waals surface area contributed by atoms with Crippen LogP contribution in [0.4, 0.5) is 5.69 Å². The number of fused-ring (bicyclic) bond motifs is 3. The SMILES string of the molecule is Ic1ccccc1-c1ccccc1N=[C-]c1nc2ccccc2c2ccccc12.[Pd+][I]. The van der Waals surface area contributed by atoms with Gasteiger partial charge in [0.1, 0.15) is 0 Å². The quantitative estimate of drug-likeness (QED) is 0.0609. The molecule has 5 heteroatoms. The minimum absolute atomic E-state index is 0.761. The van der Waals surface area contributed by atoms with Crippen molar-refractivity contribution in [2.24, 2.45) is 4.99 Å². The Labute approximate surface area is 216 Å². The minimum atomic E-state index is 0.761. The number of aliphatic imine (C=N–C) groups is 1. The van der Waals surface area contributed by atoms with Gasteiger partial charge < -0.3 is 4.99 Å². The molecule has 0 saturated heterocycles. The van der Waals surface area contributed by atoms with Gasteiger partial charge in [0.05, 0.1) is 5.52 Å². The number of benzene rings is 4. The molecule has 0 spiro atoms. The molecule has 0 saturated carbocycles. The monoisotopic (exact) mass is 716 g/mol. The molecule has 154 valence electrons. The van der Waals surface area contributed by atoms with Crippen LogP contribution in [0.5, 0.6) is 0 Å². The molecule has 0 aliphatic carbocycles. The molecule has 0 aliphatic heterocycles. The van der Waals surface area contributed by atoms with Gasteiger partial charge in [-0.1, -0.05) is 95.8 Å². The Morgan fingerprint density at radius 3 is 2.00 bits per heavy atom. The molecule has 0 N–H and O–H groups in total. The molecule has 5 aromatic rings. The van der Waals surface area contributed by atoms with Gasteiger partial charge in [0.15, 0.2) is 0 Å². The second-order valence-electron chi connectivity index (χ2n) is 6.74. The first-order chi connectivity index (χ1) is 15.3. The molecule has 0 atom stereocenters. The van der Waals surface area contributed by atoms with Gasteiger partial charge in [0, 0.05) is 3.57 Å². The zero-order chi connectivity index (χ0) is 21.6. The van der Waals surface area contributed by atoms with Crippen LogP contribution in [-0.2, 0) is 15.6 Å². The molecule has 0 radical (unpaired) electrons. The van der Waals surface area contributed by atoms with Gasteiger partial charge in [0.25, 0.3) is 0 Å². The van der Waals surface area contributed by atoms with Crippen LogP contribution < -0.4 is 0 Å². The van der Waals surface area contributed by atoms with Gasteiger partial charge in [0.2, 0.25) is 0 Å². The molecule has 0 amide bonds. The molecule has 1 aromatic heterocycles. The molecular weight excluding hydrogens is 701 g/mol. The molecule has 31 heavy (non-hydrogen) atoms. The normalized spacial score (nSPS) is 11.0. The van der Waals surface area contributed by atoms with E-state index in [1.807, 2.05) is 62.0 Å². The molecule has 0 aliphatic rings. The summed E-state index contributed by atoms with van der Waals surface area (Å²) >= 11 is 7.09. The summed E-state index contributed by atoms with van der Waals surface area (Å²) in [5.41, 5.74) is 4.86. The maximum atomic E-state index is 4.83. The van der Waals surface area contributed by atoms with Gasteiger partial charge in [-0.3, -0.25) is 4.98 Å². The third kappa shape index (κ3) is 4.90. The predicted octanol–water partition coefficient (Wildman–Crippen LogP) is 8.17. The first-order valence-electron chi connectivity index (χ1n) is 9.51. The maximum absolute atomic E-state index is 4.83. The van der Waals surface area contributed by atoms with E-state index in [0.717, 1.165) is 33.2 Å². The van der Waals surface area contributed by atoms with Gasteiger partial charge in [-0.15, -0.1) is 6.07 Å². The van der Waals surface area contributed by atoms with E-state index in [4.69, 9.17) is 9.98 Å². The van der Waals surface area contributed by atoms with Crippen molar-refractivity contribution < 1.29 is 15.6 Å². The molecule has 2 nitrogen and oxygen atoms in total. The van der Waals surface area contributed by atoms with E-state index in [2.05, 4.69) is 99.0 Å². The van der Waals surface area contributed by atoms with E-state index in [9.17, 15) is 0 Å². The molecule has 4 aromatic carbocycles. The number of rotatable bonds is 3. The van der Waals surface area contributed by atoms with Gasteiger partial charge >= 0.3 is 35.1 Å². The van der Waals surface area contributed by atoms with Gasteiger partial charge in [-0.25, -0.2) is 0 Å². The average Bonchev–Trinajstić information content (AvgIpc) is 2.84. The number of halogens is 2. The Bertz CT molecular complexity index is 1380. The average molecular weight is 717 g/mol. The third-order valence-corrected chi connectivity index (χ3v) is 5.90. The van der Waals surface area contributed by atoms with Crippen LogP contribution in [0, 0.1) is 3.57 Å². The molecule has 1 heterocycles. The summed E-state index contributed by atoms with van der Waals surface area (Å²) in [6, 6.07) is 33.0. The van der Waals surface area contributed by atoms with Crippen molar-refractivity contribution in [1.82, 2.24) is 4.98 Å².